The molecule has 2 aromatic heterocycles. The van der Waals surface area contributed by atoms with E-state index < -0.39 is 44.8 Å². The van der Waals surface area contributed by atoms with Gasteiger partial charge in [0.2, 0.25) is 11.7 Å². The van der Waals surface area contributed by atoms with Gasteiger partial charge >= 0.3 is 14.1 Å². The van der Waals surface area contributed by atoms with Crippen LogP contribution in [0.15, 0.2) is 6.33 Å². The van der Waals surface area contributed by atoms with E-state index in [2.05, 4.69) is 20.0 Å². The van der Waals surface area contributed by atoms with E-state index in [1.807, 2.05) is 11.9 Å². The molecule has 0 aliphatic heterocycles. The van der Waals surface area contributed by atoms with E-state index in [-0.39, 0.29) is 17.7 Å². The molecule has 0 bridgehead atoms. The van der Waals surface area contributed by atoms with Crippen molar-refractivity contribution in [3.63, 3.8) is 0 Å². The summed E-state index contributed by atoms with van der Waals surface area (Å²) in [6.07, 6.45) is -0.125. The number of carbonyl (C=O) groups is 1. The zero-order valence-corrected chi connectivity index (χ0v) is 22.1. The number of hydrogen-bond donors (Lipinski definition) is 3. The second-order valence-electron chi connectivity index (χ2n) is 9.17. The number of nitrogens with two attached hydrogens (primary N) is 1. The first-order valence-electron chi connectivity index (χ1n) is 11.6. The summed E-state index contributed by atoms with van der Waals surface area (Å²) >= 11 is 0. The lowest BCUT2D eigenvalue weighted by molar-refractivity contribution is -0.149. The van der Waals surface area contributed by atoms with Crippen molar-refractivity contribution in [3.8, 4) is 0 Å². The highest BCUT2D eigenvalue weighted by Crippen LogP contribution is 2.35. The Bertz CT molecular complexity index is 1100. The van der Waals surface area contributed by atoms with Crippen LogP contribution in [0, 0.1) is 0 Å². The van der Waals surface area contributed by atoms with E-state index in [0.29, 0.717) is 17.4 Å². The van der Waals surface area contributed by atoms with Crippen LogP contribution in [0.1, 0.15) is 40.5 Å². The van der Waals surface area contributed by atoms with Crippen LogP contribution in [0.3, 0.4) is 0 Å². The third kappa shape index (κ3) is 6.24. The zero-order chi connectivity index (χ0) is 26.8. The SMILES string of the molecule is COC(CO[P+](=O)N[C@@H](C)C(=O)OC(C)C)[C@@H](O)[C@@](C)(F)n1cnc2c(N(C)C3CC3)nc(N)nc21. The second kappa shape index (κ2) is 11.3. The molecule has 1 saturated carbocycles. The van der Waals surface area contributed by atoms with Gasteiger partial charge in [-0.3, -0.25) is 9.36 Å². The number of aromatic nitrogens is 4. The number of aliphatic hydroxyl groups is 1. The summed E-state index contributed by atoms with van der Waals surface area (Å²) in [5, 5.41) is 13.4. The topological polar surface area (TPSA) is 167 Å². The van der Waals surface area contributed by atoms with Crippen molar-refractivity contribution in [1.29, 1.82) is 0 Å². The van der Waals surface area contributed by atoms with Crippen LogP contribution >= 0.6 is 8.18 Å². The Morgan fingerprint density at radius 2 is 2.08 bits per heavy atom. The molecule has 200 valence electrons. The van der Waals surface area contributed by atoms with E-state index in [4.69, 9.17) is 19.7 Å². The Morgan fingerprint density at radius 1 is 1.42 bits per heavy atom. The Kier molecular flexibility index (Phi) is 8.78. The van der Waals surface area contributed by atoms with Crippen LogP contribution in [-0.4, -0.2) is 81.8 Å². The number of esters is 1. The summed E-state index contributed by atoms with van der Waals surface area (Å²) in [6, 6.07) is -0.602. The number of rotatable bonds is 13. The zero-order valence-electron chi connectivity index (χ0n) is 21.2. The van der Waals surface area contributed by atoms with Gasteiger partial charge in [-0.2, -0.15) is 9.97 Å². The number of halogens is 1. The van der Waals surface area contributed by atoms with Crippen LogP contribution < -0.4 is 15.7 Å². The van der Waals surface area contributed by atoms with Crippen molar-refractivity contribution in [2.24, 2.45) is 0 Å². The van der Waals surface area contributed by atoms with Gasteiger partial charge in [-0.15, -0.1) is 4.52 Å². The number of methoxy groups -OCH3 is 1. The molecule has 5 atom stereocenters. The van der Waals surface area contributed by atoms with Gasteiger partial charge in [-0.05, 0) is 45.1 Å². The maximum absolute atomic E-state index is 16.1. The smallest absolute Gasteiger partial charge is 0.462 e. The minimum atomic E-state index is -2.54. The quantitative estimate of drug-likeness (QED) is 0.253. The van der Waals surface area contributed by atoms with Crippen molar-refractivity contribution >= 4 is 37.1 Å². The lowest BCUT2D eigenvalue weighted by Gasteiger charge is -2.32. The van der Waals surface area contributed by atoms with Crippen LogP contribution in [-0.2, 0) is 29.1 Å². The summed E-state index contributed by atoms with van der Waals surface area (Å²) in [7, 11) is 0.573. The van der Waals surface area contributed by atoms with Crippen LogP contribution in [0.2, 0.25) is 0 Å². The number of carbonyl (C=O) groups excluding carboxylic acids is 1. The molecule has 2 aromatic rings. The number of ether oxygens (including phenoxy) is 2. The minimum Gasteiger partial charge on any atom is -0.462 e. The van der Waals surface area contributed by atoms with E-state index in [9.17, 15) is 14.5 Å². The van der Waals surface area contributed by atoms with Crippen molar-refractivity contribution in [3.05, 3.63) is 6.33 Å². The number of nitrogen functional groups attached to an aromatic ring is 1. The van der Waals surface area contributed by atoms with E-state index >= 15 is 4.39 Å². The normalized spacial score (nSPS) is 18.5. The number of nitrogens with zero attached hydrogens (tertiary/aromatic N) is 5. The molecule has 0 amide bonds. The minimum absolute atomic E-state index is 0.0585. The number of nitrogens with one attached hydrogen (secondary N) is 1. The van der Waals surface area contributed by atoms with E-state index in [0.717, 1.165) is 24.3 Å². The molecule has 0 saturated heterocycles. The molecule has 0 radical (unpaired) electrons. The third-order valence-corrected chi connectivity index (χ3v) is 6.83. The van der Waals surface area contributed by atoms with Gasteiger partial charge in [0.15, 0.2) is 17.0 Å². The van der Waals surface area contributed by atoms with Crippen LogP contribution in [0.25, 0.3) is 11.2 Å². The number of imidazole rings is 1. The molecule has 0 aromatic carbocycles. The molecule has 0 spiro atoms. The molecular weight excluding hydrogens is 496 g/mol. The van der Waals surface area contributed by atoms with E-state index in [1.54, 1.807) is 13.8 Å². The fourth-order valence-corrected chi connectivity index (χ4v) is 4.37. The van der Waals surface area contributed by atoms with Crippen molar-refractivity contribution in [2.75, 3.05) is 31.4 Å². The van der Waals surface area contributed by atoms with Gasteiger partial charge in [0.1, 0.15) is 24.9 Å². The molecule has 1 aliphatic carbocycles. The fourth-order valence-electron chi connectivity index (χ4n) is 3.60. The number of alkyl halides is 1. The average Bonchev–Trinajstić information content (AvgIpc) is 3.56. The van der Waals surface area contributed by atoms with Crippen molar-refractivity contribution < 1.29 is 32.9 Å². The largest absolute Gasteiger partial charge is 0.613 e. The molecular formula is C21H34FN7O6P+. The standard InChI is InChI=1S/C21H34FN7O6P/c1-11(2)35-19(31)12(3)27-36(32)34-9-14(33-6)16(30)21(4,22)29-10-24-15-17(28(5)13-7-8-13)25-20(23)26-18(15)29/h10-14,16,30H,7-9H2,1-6H3,(H,27,32)(H2,23,25,26)/q+1/t12-,14?,16+,21-/m0/s1. The Hall–Kier alpha value is -2.51. The fraction of sp³-hybridized carbons (Fsp3) is 0.714. The second-order valence-corrected chi connectivity index (χ2v) is 10.2. The molecule has 2 unspecified atom stereocenters. The summed E-state index contributed by atoms with van der Waals surface area (Å²) < 4.78 is 44.9. The van der Waals surface area contributed by atoms with Gasteiger partial charge in [0.05, 0.1) is 12.4 Å². The molecule has 2 heterocycles. The maximum atomic E-state index is 16.1. The number of hydrogen-bond acceptors (Lipinski definition) is 11. The summed E-state index contributed by atoms with van der Waals surface area (Å²) in [5.74, 6) is -2.65. The van der Waals surface area contributed by atoms with E-state index in [1.165, 1.54) is 20.4 Å². The first-order valence-corrected chi connectivity index (χ1v) is 12.7. The van der Waals surface area contributed by atoms with Gasteiger partial charge in [-0.1, -0.05) is 5.09 Å². The molecule has 13 nitrogen and oxygen atoms in total. The van der Waals surface area contributed by atoms with Gasteiger partial charge in [-0.25, -0.2) is 9.37 Å². The first-order chi connectivity index (χ1) is 16.9. The van der Waals surface area contributed by atoms with Crippen molar-refractivity contribution in [1.82, 2.24) is 24.6 Å². The monoisotopic (exact) mass is 530 g/mol. The van der Waals surface area contributed by atoms with Gasteiger partial charge < -0.3 is 25.2 Å². The third-order valence-electron chi connectivity index (χ3n) is 5.85. The lowest BCUT2D eigenvalue weighted by atomic mass is 10.0. The Balaban J connectivity index is 1.73. The van der Waals surface area contributed by atoms with Gasteiger partial charge in [0, 0.05) is 20.2 Å². The Morgan fingerprint density at radius 3 is 2.67 bits per heavy atom. The molecule has 1 aliphatic rings. The molecule has 4 N–H and O–H groups in total. The highest BCUT2D eigenvalue weighted by molar-refractivity contribution is 7.36. The van der Waals surface area contributed by atoms with Crippen LogP contribution in [0.5, 0.6) is 0 Å². The van der Waals surface area contributed by atoms with Crippen molar-refractivity contribution in [2.45, 2.75) is 76.7 Å². The summed E-state index contributed by atoms with van der Waals surface area (Å²) in [5.41, 5.74) is 6.34. The highest BCUT2D eigenvalue weighted by atomic mass is 31.1. The molecule has 3 rings (SSSR count). The summed E-state index contributed by atoms with van der Waals surface area (Å²) in [4.78, 5) is 26.5. The highest BCUT2D eigenvalue weighted by Gasteiger charge is 2.44. The van der Waals surface area contributed by atoms with Crippen LogP contribution in [0.4, 0.5) is 16.2 Å². The lowest BCUT2D eigenvalue weighted by Crippen LogP contribution is -2.48. The number of aliphatic hydroxyl groups excluding tert-OH is 1. The predicted octanol–water partition coefficient (Wildman–Crippen LogP) is 1.63. The predicted molar refractivity (Wildman–Crippen MR) is 130 cm³/mol. The number of fused-ring (bicyclic) bond motifs is 1. The molecule has 36 heavy (non-hydrogen) atoms. The molecule has 15 heteroatoms. The Labute approximate surface area is 209 Å². The maximum Gasteiger partial charge on any atom is 0.613 e. The summed E-state index contributed by atoms with van der Waals surface area (Å²) in [6.45, 7) is 5.54. The first kappa shape index (κ1) is 28.1. The van der Waals surface area contributed by atoms with Gasteiger partial charge in [0.25, 0.3) is 0 Å². The number of anilines is 2. The average molecular weight is 531 g/mol. The molecule has 1 fully saturated rings.